The number of hydrogen-bond acceptors (Lipinski definition) is 4. The van der Waals surface area contributed by atoms with Crippen molar-refractivity contribution in [3.05, 3.63) is 23.9 Å². The largest absolute Gasteiger partial charge is 0.411 e. The van der Waals surface area contributed by atoms with Crippen LogP contribution in [0.3, 0.4) is 0 Å². The molecule has 15 heavy (non-hydrogen) atoms. The van der Waals surface area contributed by atoms with Gasteiger partial charge in [0.2, 0.25) is 0 Å². The first-order valence-electron chi connectivity index (χ1n) is 4.56. The van der Waals surface area contributed by atoms with Crippen LogP contribution in [-0.4, -0.2) is 20.9 Å². The molecule has 0 saturated heterocycles. The molecule has 0 atom stereocenters. The number of aromatic nitrogens is 1. The van der Waals surface area contributed by atoms with Crippen LogP contribution < -0.4 is 5.32 Å². The van der Waals surface area contributed by atoms with Crippen molar-refractivity contribution in [2.45, 2.75) is 13.8 Å². The molecule has 0 aliphatic carbocycles. The Hall–Kier alpha value is -1.49. The number of rotatable bonds is 0. The minimum Gasteiger partial charge on any atom is -0.411 e. The van der Waals surface area contributed by atoms with Crippen molar-refractivity contribution in [1.29, 1.82) is 0 Å². The summed E-state index contributed by atoms with van der Waals surface area (Å²) in [6.45, 7) is 3.82. The molecular weight excluding hydrogens is 210 g/mol. The van der Waals surface area contributed by atoms with Gasteiger partial charge in [-0.2, -0.15) is 0 Å². The molecule has 1 aromatic rings. The van der Waals surface area contributed by atoms with Gasteiger partial charge in [0.05, 0.1) is 10.4 Å². The molecule has 0 amide bonds. The Morgan fingerprint density at radius 1 is 1.53 bits per heavy atom. The molecule has 4 nitrogen and oxygen atoms in total. The first kappa shape index (κ1) is 10.0. The number of anilines is 1. The van der Waals surface area contributed by atoms with Gasteiger partial charge in [-0.25, -0.2) is 4.98 Å². The molecule has 1 aromatic heterocycles. The third kappa shape index (κ3) is 1.39. The topological polar surface area (TPSA) is 57.5 Å². The highest BCUT2D eigenvalue weighted by molar-refractivity contribution is 7.80. The fraction of sp³-hybridized carbons (Fsp3) is 0.300. The fourth-order valence-corrected chi connectivity index (χ4v) is 1.78. The molecule has 1 aliphatic rings. The van der Waals surface area contributed by atoms with E-state index >= 15 is 0 Å². The van der Waals surface area contributed by atoms with E-state index in [9.17, 15) is 0 Å². The SMILES string of the molecule is CC1(C)C(=S)Nc2ncccc2C1=NO. The van der Waals surface area contributed by atoms with Gasteiger partial charge < -0.3 is 10.5 Å². The predicted octanol–water partition coefficient (Wildman–Crippen LogP) is 2.04. The number of fused-ring (bicyclic) bond motifs is 1. The van der Waals surface area contributed by atoms with Crippen LogP contribution in [0, 0.1) is 5.41 Å². The van der Waals surface area contributed by atoms with E-state index in [-0.39, 0.29) is 0 Å². The molecule has 5 heteroatoms. The Morgan fingerprint density at radius 3 is 2.93 bits per heavy atom. The lowest BCUT2D eigenvalue weighted by Gasteiger charge is -2.32. The Kier molecular flexibility index (Phi) is 2.19. The number of pyridine rings is 1. The van der Waals surface area contributed by atoms with Crippen LogP contribution in [0.25, 0.3) is 0 Å². The monoisotopic (exact) mass is 221 g/mol. The molecule has 1 aliphatic heterocycles. The first-order chi connectivity index (χ1) is 7.07. The standard InChI is InChI=1S/C10H11N3OS/c1-10(2)7(13-14)6-4-3-5-11-8(6)12-9(10)15/h3-5,14H,1-2H3,(H,11,12,15). The second-order valence-corrected chi connectivity index (χ2v) is 4.34. The van der Waals surface area contributed by atoms with Gasteiger partial charge in [-0.1, -0.05) is 17.4 Å². The van der Waals surface area contributed by atoms with E-state index < -0.39 is 5.41 Å². The molecule has 0 unspecified atom stereocenters. The number of thiocarbonyl (C=S) groups is 1. The molecule has 2 N–H and O–H groups in total. The molecule has 78 valence electrons. The lowest BCUT2D eigenvalue weighted by atomic mass is 9.81. The number of hydrogen-bond donors (Lipinski definition) is 2. The molecule has 0 spiro atoms. The smallest absolute Gasteiger partial charge is 0.140 e. The highest BCUT2D eigenvalue weighted by Crippen LogP contribution is 2.33. The molecule has 0 aromatic carbocycles. The summed E-state index contributed by atoms with van der Waals surface area (Å²) in [5, 5.41) is 15.4. The lowest BCUT2D eigenvalue weighted by molar-refractivity contribution is 0.314. The van der Waals surface area contributed by atoms with Gasteiger partial charge in [0.15, 0.2) is 0 Å². The van der Waals surface area contributed by atoms with Crippen molar-refractivity contribution in [1.82, 2.24) is 4.98 Å². The number of nitrogens with one attached hydrogen (secondary N) is 1. The van der Waals surface area contributed by atoms with Crippen molar-refractivity contribution in [3.63, 3.8) is 0 Å². The van der Waals surface area contributed by atoms with Crippen LogP contribution in [0.4, 0.5) is 5.82 Å². The summed E-state index contributed by atoms with van der Waals surface area (Å²) in [7, 11) is 0. The van der Waals surface area contributed by atoms with Crippen molar-refractivity contribution >= 4 is 28.7 Å². The highest BCUT2D eigenvalue weighted by atomic mass is 32.1. The van der Waals surface area contributed by atoms with Gasteiger partial charge in [-0.15, -0.1) is 0 Å². The van der Waals surface area contributed by atoms with Gasteiger partial charge in [0, 0.05) is 11.8 Å². The molecule has 2 heterocycles. The summed E-state index contributed by atoms with van der Waals surface area (Å²) in [5.74, 6) is 0.648. The normalized spacial score (nSPS) is 20.9. The Balaban J connectivity index is 2.66. The van der Waals surface area contributed by atoms with E-state index in [1.54, 1.807) is 12.3 Å². The van der Waals surface area contributed by atoms with Crippen LogP contribution >= 0.6 is 12.2 Å². The van der Waals surface area contributed by atoms with E-state index in [1.807, 2.05) is 19.9 Å². The maximum absolute atomic E-state index is 9.06. The Bertz CT molecular complexity index is 454. The van der Waals surface area contributed by atoms with Crippen molar-refractivity contribution in [2.75, 3.05) is 5.32 Å². The third-order valence-corrected chi connectivity index (χ3v) is 3.17. The van der Waals surface area contributed by atoms with Crippen molar-refractivity contribution in [2.24, 2.45) is 10.6 Å². The minimum absolute atomic E-state index is 0.472. The van der Waals surface area contributed by atoms with Crippen LogP contribution in [0.15, 0.2) is 23.5 Å². The van der Waals surface area contributed by atoms with Crippen molar-refractivity contribution in [3.8, 4) is 0 Å². The zero-order valence-electron chi connectivity index (χ0n) is 8.48. The lowest BCUT2D eigenvalue weighted by Crippen LogP contribution is -2.42. The summed E-state index contributed by atoms with van der Waals surface area (Å²) in [4.78, 5) is 4.76. The summed E-state index contributed by atoms with van der Waals surface area (Å²) in [6, 6.07) is 3.66. The van der Waals surface area contributed by atoms with Gasteiger partial charge in [-0.3, -0.25) is 0 Å². The molecule has 0 radical (unpaired) electrons. The van der Waals surface area contributed by atoms with E-state index in [0.717, 1.165) is 5.56 Å². The van der Waals surface area contributed by atoms with E-state index in [0.29, 0.717) is 16.5 Å². The fourth-order valence-electron chi connectivity index (χ4n) is 1.58. The number of oxime groups is 1. The maximum atomic E-state index is 9.06. The molecule has 0 saturated carbocycles. The van der Waals surface area contributed by atoms with Crippen LogP contribution in [0.5, 0.6) is 0 Å². The molecule has 2 rings (SSSR count). The summed E-state index contributed by atoms with van der Waals surface area (Å²) in [5.41, 5.74) is 0.869. The average molecular weight is 221 g/mol. The number of nitrogens with zero attached hydrogens (tertiary/aromatic N) is 2. The second kappa shape index (κ2) is 3.27. The molecule has 0 fully saturated rings. The van der Waals surface area contributed by atoms with Crippen LogP contribution in [0.1, 0.15) is 19.4 Å². The van der Waals surface area contributed by atoms with E-state index in [4.69, 9.17) is 17.4 Å². The van der Waals surface area contributed by atoms with Gasteiger partial charge in [0.1, 0.15) is 11.5 Å². The zero-order chi connectivity index (χ0) is 11.1. The third-order valence-electron chi connectivity index (χ3n) is 2.55. The quantitative estimate of drug-likeness (QED) is 0.400. The first-order valence-corrected chi connectivity index (χ1v) is 4.97. The summed E-state index contributed by atoms with van der Waals surface area (Å²) in [6.07, 6.45) is 1.67. The van der Waals surface area contributed by atoms with E-state index in [2.05, 4.69) is 15.5 Å². The van der Waals surface area contributed by atoms with Crippen LogP contribution in [-0.2, 0) is 0 Å². The maximum Gasteiger partial charge on any atom is 0.140 e. The average Bonchev–Trinajstić information content (AvgIpc) is 2.20. The van der Waals surface area contributed by atoms with Gasteiger partial charge in [0.25, 0.3) is 0 Å². The predicted molar refractivity (Wildman–Crippen MR) is 62.6 cm³/mol. The Morgan fingerprint density at radius 2 is 2.27 bits per heavy atom. The van der Waals surface area contributed by atoms with Gasteiger partial charge in [-0.05, 0) is 26.0 Å². The summed E-state index contributed by atoms with van der Waals surface area (Å²) < 4.78 is 0. The second-order valence-electron chi connectivity index (χ2n) is 3.93. The van der Waals surface area contributed by atoms with Crippen molar-refractivity contribution < 1.29 is 5.21 Å². The minimum atomic E-state index is -0.472. The zero-order valence-corrected chi connectivity index (χ0v) is 9.30. The summed E-state index contributed by atoms with van der Waals surface area (Å²) >= 11 is 5.22. The Labute approximate surface area is 93.0 Å². The molecule has 0 bridgehead atoms. The van der Waals surface area contributed by atoms with E-state index in [1.165, 1.54) is 0 Å². The van der Waals surface area contributed by atoms with Crippen LogP contribution in [0.2, 0.25) is 0 Å². The van der Waals surface area contributed by atoms with Gasteiger partial charge >= 0.3 is 0 Å². The molecular formula is C10H11N3OS. The highest BCUT2D eigenvalue weighted by Gasteiger charge is 2.37.